The van der Waals surface area contributed by atoms with Crippen LogP contribution in [0, 0.1) is 0 Å². The number of hydrogen-bond acceptors (Lipinski definition) is 5. The predicted molar refractivity (Wildman–Crippen MR) is 66.4 cm³/mol. The summed E-state index contributed by atoms with van der Waals surface area (Å²) < 4.78 is 31.7. The molecule has 0 aromatic carbocycles. The van der Waals surface area contributed by atoms with Gasteiger partial charge in [-0.25, -0.2) is 8.42 Å². The summed E-state index contributed by atoms with van der Waals surface area (Å²) in [5.41, 5.74) is 6.35. The first-order chi connectivity index (χ1) is 8.14. The van der Waals surface area contributed by atoms with Crippen molar-refractivity contribution in [1.82, 2.24) is 4.31 Å². The molecule has 5 nitrogen and oxygen atoms in total. The van der Waals surface area contributed by atoms with E-state index >= 15 is 0 Å². The van der Waals surface area contributed by atoms with Crippen LogP contribution in [-0.4, -0.2) is 39.0 Å². The van der Waals surface area contributed by atoms with Gasteiger partial charge in [0.25, 0.3) is 10.0 Å². The van der Waals surface area contributed by atoms with E-state index in [0.717, 1.165) is 12.0 Å². The van der Waals surface area contributed by atoms with Crippen molar-refractivity contribution in [2.45, 2.75) is 17.2 Å². The van der Waals surface area contributed by atoms with E-state index in [0.29, 0.717) is 37.1 Å². The minimum atomic E-state index is -3.36. The van der Waals surface area contributed by atoms with Crippen LogP contribution >= 0.6 is 11.3 Å². The molecule has 2 heterocycles. The molecular formula is C10H16N2O3S2. The van der Waals surface area contributed by atoms with Gasteiger partial charge >= 0.3 is 0 Å². The van der Waals surface area contributed by atoms with Gasteiger partial charge in [-0.3, -0.25) is 0 Å². The summed E-state index contributed by atoms with van der Waals surface area (Å²) in [6.45, 7) is 2.42. The molecule has 2 N–H and O–H groups in total. The molecule has 0 amide bonds. The van der Waals surface area contributed by atoms with Crippen LogP contribution in [0.3, 0.4) is 0 Å². The van der Waals surface area contributed by atoms with Gasteiger partial charge in [0, 0.05) is 26.2 Å². The van der Waals surface area contributed by atoms with Crippen molar-refractivity contribution in [3.8, 4) is 0 Å². The van der Waals surface area contributed by atoms with Crippen LogP contribution in [0.5, 0.6) is 0 Å². The molecule has 1 aromatic rings. The highest BCUT2D eigenvalue weighted by molar-refractivity contribution is 7.91. The molecule has 0 aliphatic carbocycles. The van der Waals surface area contributed by atoms with E-state index in [4.69, 9.17) is 10.5 Å². The summed E-state index contributed by atoms with van der Waals surface area (Å²) in [7, 11) is -3.36. The number of sulfonamides is 1. The fraction of sp³-hybridized carbons (Fsp3) is 0.600. The number of thiophene rings is 1. The molecule has 1 aliphatic heterocycles. The van der Waals surface area contributed by atoms with Gasteiger partial charge in [-0.15, -0.1) is 11.3 Å². The summed E-state index contributed by atoms with van der Waals surface area (Å²) in [6, 6.07) is 1.66. The summed E-state index contributed by atoms with van der Waals surface area (Å²) in [4.78, 5) is 0. The van der Waals surface area contributed by atoms with Crippen molar-refractivity contribution in [3.63, 3.8) is 0 Å². The van der Waals surface area contributed by atoms with Crippen LogP contribution < -0.4 is 5.73 Å². The number of rotatable bonds is 3. The molecule has 0 atom stereocenters. The lowest BCUT2D eigenvalue weighted by atomic mass is 10.4. The summed E-state index contributed by atoms with van der Waals surface area (Å²) in [6.07, 6.45) is 0.744. The maximum atomic E-state index is 12.3. The Balaban J connectivity index is 2.22. The van der Waals surface area contributed by atoms with E-state index in [2.05, 4.69) is 0 Å². The van der Waals surface area contributed by atoms with Crippen molar-refractivity contribution >= 4 is 21.4 Å². The highest BCUT2D eigenvalue weighted by Crippen LogP contribution is 2.24. The first-order valence-corrected chi connectivity index (χ1v) is 7.82. The molecule has 2 rings (SSSR count). The van der Waals surface area contributed by atoms with Crippen LogP contribution in [0.25, 0.3) is 0 Å². The second kappa shape index (κ2) is 5.45. The van der Waals surface area contributed by atoms with E-state index in [1.807, 2.05) is 0 Å². The molecule has 96 valence electrons. The fourth-order valence-electron chi connectivity index (χ4n) is 1.69. The van der Waals surface area contributed by atoms with Gasteiger partial charge in [-0.1, -0.05) is 0 Å². The first kappa shape index (κ1) is 13.0. The van der Waals surface area contributed by atoms with E-state index in [9.17, 15) is 8.42 Å². The Labute approximate surface area is 105 Å². The van der Waals surface area contributed by atoms with Crippen molar-refractivity contribution in [3.05, 3.63) is 17.0 Å². The van der Waals surface area contributed by atoms with Crippen LogP contribution in [0.1, 0.15) is 12.0 Å². The third kappa shape index (κ3) is 2.86. The molecule has 0 bridgehead atoms. The molecule has 17 heavy (non-hydrogen) atoms. The van der Waals surface area contributed by atoms with Gasteiger partial charge in [0.2, 0.25) is 0 Å². The Bertz CT molecular complexity index is 462. The molecule has 0 radical (unpaired) electrons. The highest BCUT2D eigenvalue weighted by atomic mass is 32.2. The van der Waals surface area contributed by atoms with Crippen molar-refractivity contribution in [2.24, 2.45) is 5.73 Å². The van der Waals surface area contributed by atoms with E-state index in [1.54, 1.807) is 11.4 Å². The number of nitrogens with two attached hydrogens (primary N) is 1. The van der Waals surface area contributed by atoms with Gasteiger partial charge in [-0.2, -0.15) is 4.31 Å². The summed E-state index contributed by atoms with van der Waals surface area (Å²) >= 11 is 1.23. The Morgan fingerprint density at radius 1 is 1.41 bits per heavy atom. The van der Waals surface area contributed by atoms with Crippen LogP contribution in [0.4, 0.5) is 0 Å². The molecule has 1 fully saturated rings. The molecule has 1 saturated heterocycles. The fourth-order valence-corrected chi connectivity index (χ4v) is 4.52. The van der Waals surface area contributed by atoms with Gasteiger partial charge in [0.05, 0.1) is 6.61 Å². The van der Waals surface area contributed by atoms with E-state index < -0.39 is 10.0 Å². The zero-order valence-electron chi connectivity index (χ0n) is 9.46. The number of nitrogens with zero attached hydrogens (tertiary/aromatic N) is 1. The van der Waals surface area contributed by atoms with Gasteiger partial charge in [0.15, 0.2) is 0 Å². The van der Waals surface area contributed by atoms with Crippen molar-refractivity contribution in [1.29, 1.82) is 0 Å². The van der Waals surface area contributed by atoms with Gasteiger partial charge in [0.1, 0.15) is 4.21 Å². The zero-order valence-corrected chi connectivity index (χ0v) is 11.1. The largest absolute Gasteiger partial charge is 0.380 e. The first-order valence-electron chi connectivity index (χ1n) is 5.50. The normalized spacial score (nSPS) is 19.1. The second-order valence-corrected chi connectivity index (χ2v) is 6.92. The standard InChI is InChI=1S/C10H16N2O3S2/c11-7-9-6-10(16-8-9)17(13,14)12-2-1-4-15-5-3-12/h6,8H,1-5,7,11H2. The smallest absolute Gasteiger partial charge is 0.252 e. The predicted octanol–water partition coefficient (Wildman–Crippen LogP) is 0.618. The monoisotopic (exact) mass is 276 g/mol. The lowest BCUT2D eigenvalue weighted by Crippen LogP contribution is -2.32. The molecule has 0 unspecified atom stereocenters. The maximum Gasteiger partial charge on any atom is 0.252 e. The van der Waals surface area contributed by atoms with E-state index in [-0.39, 0.29) is 0 Å². The maximum absolute atomic E-state index is 12.3. The third-order valence-corrected chi connectivity index (χ3v) is 6.00. The quantitative estimate of drug-likeness (QED) is 0.878. The average molecular weight is 276 g/mol. The second-order valence-electron chi connectivity index (χ2n) is 3.85. The summed E-state index contributed by atoms with van der Waals surface area (Å²) in [5.74, 6) is 0. The molecule has 0 spiro atoms. The molecule has 7 heteroatoms. The molecule has 1 aliphatic rings. The molecule has 0 saturated carbocycles. The number of hydrogen-bond donors (Lipinski definition) is 1. The van der Waals surface area contributed by atoms with Gasteiger partial charge < -0.3 is 10.5 Å². The van der Waals surface area contributed by atoms with Crippen LogP contribution in [0.2, 0.25) is 0 Å². The Kier molecular flexibility index (Phi) is 4.16. The minimum Gasteiger partial charge on any atom is -0.380 e. The third-order valence-electron chi connectivity index (χ3n) is 2.64. The minimum absolute atomic E-state index is 0.370. The van der Waals surface area contributed by atoms with Gasteiger partial charge in [-0.05, 0) is 23.4 Å². The lowest BCUT2D eigenvalue weighted by Gasteiger charge is -2.17. The number of ether oxygens (including phenoxy) is 1. The van der Waals surface area contributed by atoms with E-state index in [1.165, 1.54) is 15.6 Å². The van der Waals surface area contributed by atoms with Crippen molar-refractivity contribution in [2.75, 3.05) is 26.3 Å². The van der Waals surface area contributed by atoms with Crippen LogP contribution in [-0.2, 0) is 21.3 Å². The Morgan fingerprint density at radius 2 is 2.24 bits per heavy atom. The molecular weight excluding hydrogens is 260 g/mol. The highest BCUT2D eigenvalue weighted by Gasteiger charge is 2.26. The van der Waals surface area contributed by atoms with Crippen molar-refractivity contribution < 1.29 is 13.2 Å². The topological polar surface area (TPSA) is 72.6 Å². The Morgan fingerprint density at radius 3 is 2.94 bits per heavy atom. The summed E-state index contributed by atoms with van der Waals surface area (Å²) in [5, 5.41) is 1.79. The zero-order chi connectivity index (χ0) is 12.3. The SMILES string of the molecule is NCc1csc(S(=O)(=O)N2CCCOCC2)c1. The Hall–Kier alpha value is -0.470. The molecule has 1 aromatic heterocycles. The lowest BCUT2D eigenvalue weighted by molar-refractivity contribution is 0.148. The van der Waals surface area contributed by atoms with Crippen LogP contribution in [0.15, 0.2) is 15.7 Å². The average Bonchev–Trinajstić information content (AvgIpc) is 2.64.